The predicted molar refractivity (Wildman–Crippen MR) is 74.3 cm³/mol. The quantitative estimate of drug-likeness (QED) is 0.845. The monoisotopic (exact) mass is 242 g/mol. The topological polar surface area (TPSA) is 63.8 Å². The van der Waals surface area contributed by atoms with E-state index >= 15 is 0 Å². The summed E-state index contributed by atoms with van der Waals surface area (Å²) in [4.78, 5) is 8.18. The van der Waals surface area contributed by atoms with Gasteiger partial charge >= 0.3 is 0 Å². The molecule has 1 aromatic carbocycles. The lowest BCUT2D eigenvalue weighted by Crippen LogP contribution is -2.18. The van der Waals surface area contributed by atoms with Gasteiger partial charge in [-0.05, 0) is 25.3 Å². The molecule has 0 fully saturated rings. The lowest BCUT2D eigenvalue weighted by atomic mass is 10.1. The highest BCUT2D eigenvalue weighted by Gasteiger charge is 2.06. The summed E-state index contributed by atoms with van der Waals surface area (Å²) in [6.45, 7) is 2.12. The predicted octanol–water partition coefficient (Wildman–Crippen LogP) is 2.49. The molecule has 0 aliphatic heterocycles. The molecule has 2 rings (SSSR count). The van der Waals surface area contributed by atoms with Crippen LogP contribution in [0.4, 0.5) is 11.6 Å². The van der Waals surface area contributed by atoms with Crippen molar-refractivity contribution in [3.8, 4) is 0 Å². The summed E-state index contributed by atoms with van der Waals surface area (Å²) in [5, 5.41) is 3.28. The van der Waals surface area contributed by atoms with Crippen LogP contribution in [0.15, 0.2) is 42.7 Å². The number of anilines is 2. The molecule has 1 unspecified atom stereocenters. The lowest BCUT2D eigenvalue weighted by molar-refractivity contribution is 0.703. The Bertz CT molecular complexity index is 484. The molecule has 0 radical (unpaired) electrons. The molecule has 4 nitrogen and oxygen atoms in total. The first-order chi connectivity index (χ1) is 8.75. The number of aromatic nitrogens is 2. The summed E-state index contributed by atoms with van der Waals surface area (Å²) in [6.07, 6.45) is 5.30. The van der Waals surface area contributed by atoms with Crippen molar-refractivity contribution in [2.45, 2.75) is 25.8 Å². The van der Waals surface area contributed by atoms with E-state index in [9.17, 15) is 0 Å². The number of aryl methyl sites for hydroxylation is 1. The van der Waals surface area contributed by atoms with Gasteiger partial charge in [-0.2, -0.15) is 0 Å². The molecule has 0 aliphatic carbocycles. The molecular formula is C14H18N4. The van der Waals surface area contributed by atoms with Crippen LogP contribution in [0, 0.1) is 0 Å². The Kier molecular flexibility index (Phi) is 4.12. The van der Waals surface area contributed by atoms with Crippen molar-refractivity contribution in [1.82, 2.24) is 9.97 Å². The number of nitrogen functional groups attached to an aromatic ring is 1. The van der Waals surface area contributed by atoms with E-state index in [1.165, 1.54) is 5.56 Å². The zero-order valence-corrected chi connectivity index (χ0v) is 10.5. The van der Waals surface area contributed by atoms with Crippen molar-refractivity contribution in [3.63, 3.8) is 0 Å². The second-order valence-electron chi connectivity index (χ2n) is 4.36. The minimum absolute atomic E-state index is 0.309. The summed E-state index contributed by atoms with van der Waals surface area (Å²) in [5.74, 6) is 1.11. The molecule has 18 heavy (non-hydrogen) atoms. The Labute approximate surface area is 107 Å². The summed E-state index contributed by atoms with van der Waals surface area (Å²) in [5.41, 5.74) is 7.09. The third-order valence-electron chi connectivity index (χ3n) is 2.82. The van der Waals surface area contributed by atoms with Gasteiger partial charge in [-0.25, -0.2) is 9.97 Å². The SMILES string of the molecule is CC(CCc1ccccc1)Nc1nccnc1N. The van der Waals surface area contributed by atoms with E-state index in [-0.39, 0.29) is 0 Å². The molecule has 2 aromatic rings. The Morgan fingerprint density at radius 2 is 1.89 bits per heavy atom. The van der Waals surface area contributed by atoms with E-state index in [1.807, 2.05) is 6.07 Å². The number of benzene rings is 1. The standard InChI is InChI=1S/C14H18N4/c1-11(7-8-12-5-3-2-4-6-12)18-14-13(15)16-9-10-17-14/h2-6,9-11H,7-8H2,1H3,(H2,15,16)(H,17,18). The fourth-order valence-electron chi connectivity index (χ4n) is 1.79. The minimum atomic E-state index is 0.309. The van der Waals surface area contributed by atoms with E-state index < -0.39 is 0 Å². The van der Waals surface area contributed by atoms with Crippen LogP contribution in [0.5, 0.6) is 0 Å². The van der Waals surface area contributed by atoms with Gasteiger partial charge in [-0.1, -0.05) is 30.3 Å². The minimum Gasteiger partial charge on any atom is -0.381 e. The molecule has 0 amide bonds. The maximum atomic E-state index is 5.74. The number of nitrogens with zero attached hydrogens (tertiary/aromatic N) is 2. The highest BCUT2D eigenvalue weighted by atomic mass is 15.1. The molecule has 0 saturated carbocycles. The number of nitrogens with one attached hydrogen (secondary N) is 1. The summed E-state index contributed by atoms with van der Waals surface area (Å²) in [7, 11) is 0. The van der Waals surface area contributed by atoms with Crippen molar-refractivity contribution >= 4 is 11.6 Å². The van der Waals surface area contributed by atoms with Crippen LogP contribution in [-0.2, 0) is 6.42 Å². The summed E-state index contributed by atoms with van der Waals surface area (Å²) < 4.78 is 0. The number of nitrogens with two attached hydrogens (primary N) is 1. The second-order valence-corrected chi connectivity index (χ2v) is 4.36. The van der Waals surface area contributed by atoms with Crippen LogP contribution in [-0.4, -0.2) is 16.0 Å². The average molecular weight is 242 g/mol. The van der Waals surface area contributed by atoms with Gasteiger partial charge in [0.15, 0.2) is 11.6 Å². The normalized spacial score (nSPS) is 12.1. The highest BCUT2D eigenvalue weighted by molar-refractivity contribution is 5.55. The van der Waals surface area contributed by atoms with Crippen molar-refractivity contribution < 1.29 is 0 Å². The molecule has 1 aromatic heterocycles. The third kappa shape index (κ3) is 3.45. The number of rotatable bonds is 5. The van der Waals surface area contributed by atoms with E-state index in [0.29, 0.717) is 17.7 Å². The van der Waals surface area contributed by atoms with Gasteiger partial charge in [0.05, 0.1) is 0 Å². The number of hydrogen-bond donors (Lipinski definition) is 2. The van der Waals surface area contributed by atoms with Crippen molar-refractivity contribution in [2.24, 2.45) is 0 Å². The highest BCUT2D eigenvalue weighted by Crippen LogP contribution is 2.13. The van der Waals surface area contributed by atoms with Gasteiger partial charge in [0.2, 0.25) is 0 Å². The number of hydrogen-bond acceptors (Lipinski definition) is 4. The van der Waals surface area contributed by atoms with E-state index in [4.69, 9.17) is 5.73 Å². The Hall–Kier alpha value is -2.10. The second kappa shape index (κ2) is 6.00. The first-order valence-corrected chi connectivity index (χ1v) is 6.12. The zero-order valence-electron chi connectivity index (χ0n) is 10.5. The molecule has 0 aliphatic rings. The van der Waals surface area contributed by atoms with E-state index in [0.717, 1.165) is 12.8 Å². The van der Waals surface area contributed by atoms with Crippen LogP contribution < -0.4 is 11.1 Å². The van der Waals surface area contributed by atoms with Crippen LogP contribution >= 0.6 is 0 Å². The fraction of sp³-hybridized carbons (Fsp3) is 0.286. The molecule has 3 N–H and O–H groups in total. The third-order valence-corrected chi connectivity index (χ3v) is 2.82. The van der Waals surface area contributed by atoms with Crippen LogP contribution in [0.1, 0.15) is 18.9 Å². The smallest absolute Gasteiger partial charge is 0.169 e. The maximum absolute atomic E-state index is 5.74. The first-order valence-electron chi connectivity index (χ1n) is 6.12. The van der Waals surface area contributed by atoms with Gasteiger partial charge < -0.3 is 11.1 Å². The summed E-state index contributed by atoms with van der Waals surface area (Å²) in [6, 6.07) is 10.8. The molecule has 0 bridgehead atoms. The molecule has 94 valence electrons. The van der Waals surface area contributed by atoms with E-state index in [1.54, 1.807) is 12.4 Å². The van der Waals surface area contributed by atoms with Crippen LogP contribution in [0.25, 0.3) is 0 Å². The molecule has 0 saturated heterocycles. The molecule has 1 heterocycles. The van der Waals surface area contributed by atoms with E-state index in [2.05, 4.69) is 46.5 Å². The molecular weight excluding hydrogens is 224 g/mol. The fourth-order valence-corrected chi connectivity index (χ4v) is 1.79. The Morgan fingerprint density at radius 1 is 1.17 bits per heavy atom. The first kappa shape index (κ1) is 12.4. The molecule has 1 atom stereocenters. The van der Waals surface area contributed by atoms with Gasteiger partial charge in [-0.15, -0.1) is 0 Å². The van der Waals surface area contributed by atoms with Crippen molar-refractivity contribution in [1.29, 1.82) is 0 Å². The van der Waals surface area contributed by atoms with Crippen molar-refractivity contribution in [2.75, 3.05) is 11.1 Å². The summed E-state index contributed by atoms with van der Waals surface area (Å²) >= 11 is 0. The van der Waals surface area contributed by atoms with Gasteiger partial charge in [0.25, 0.3) is 0 Å². The molecule has 4 heteroatoms. The zero-order chi connectivity index (χ0) is 12.8. The molecule has 0 spiro atoms. The lowest BCUT2D eigenvalue weighted by Gasteiger charge is -2.15. The van der Waals surface area contributed by atoms with Gasteiger partial charge in [0.1, 0.15) is 0 Å². The maximum Gasteiger partial charge on any atom is 0.169 e. The average Bonchev–Trinajstić information content (AvgIpc) is 2.40. The van der Waals surface area contributed by atoms with Crippen molar-refractivity contribution in [3.05, 3.63) is 48.3 Å². The largest absolute Gasteiger partial charge is 0.381 e. The van der Waals surface area contributed by atoms with Crippen LogP contribution in [0.3, 0.4) is 0 Å². The Morgan fingerprint density at radius 3 is 2.61 bits per heavy atom. The van der Waals surface area contributed by atoms with Gasteiger partial charge in [-0.3, -0.25) is 0 Å². The van der Waals surface area contributed by atoms with Gasteiger partial charge in [0, 0.05) is 18.4 Å². The Balaban J connectivity index is 1.86. The van der Waals surface area contributed by atoms with Crippen LogP contribution in [0.2, 0.25) is 0 Å².